The minimum atomic E-state index is -4.21. The SMILES string of the molecule is N[C@]1(NC(=O)c2ccc(S(=O)(=O)NC(=O)C34CC(C3)C4)o2)CC[C@@H](c2nc3cc(Cl)ccc3o2)CC1. The fourth-order valence-electron chi connectivity index (χ4n) is 5.51. The van der Waals surface area contributed by atoms with Gasteiger partial charge >= 0.3 is 0 Å². The number of nitrogens with zero attached hydrogens (tertiary/aromatic N) is 1. The summed E-state index contributed by atoms with van der Waals surface area (Å²) in [5, 5.41) is 2.86. The standard InChI is InChI=1S/C24H25ClN4O6S/c25-15-1-2-17-16(9-15)27-21(35-17)14-5-7-24(26,8-6-14)28-20(30)18-3-4-19(34-18)36(32,33)29-22(31)23-10-13(11-23)12-23/h1-4,9,13-14H,5-8,10-12,26H2,(H,28,30)(H,29,31)/t13?,14-,23?,24+. The number of sulfonamides is 1. The molecule has 4 fully saturated rings. The van der Waals surface area contributed by atoms with Gasteiger partial charge in [-0.15, -0.1) is 0 Å². The number of rotatable bonds is 6. The maximum absolute atomic E-state index is 12.8. The highest BCUT2D eigenvalue weighted by atomic mass is 35.5. The van der Waals surface area contributed by atoms with E-state index in [4.69, 9.17) is 26.2 Å². The maximum atomic E-state index is 12.8. The molecule has 4 aliphatic carbocycles. The van der Waals surface area contributed by atoms with E-state index in [2.05, 4.69) is 15.0 Å². The minimum Gasteiger partial charge on any atom is -0.440 e. The van der Waals surface area contributed by atoms with Gasteiger partial charge in [-0.1, -0.05) is 11.6 Å². The molecule has 4 N–H and O–H groups in total. The molecule has 2 heterocycles. The predicted octanol–water partition coefficient (Wildman–Crippen LogP) is 3.42. The van der Waals surface area contributed by atoms with Gasteiger partial charge in [-0.3, -0.25) is 9.59 Å². The molecule has 7 rings (SSSR count). The van der Waals surface area contributed by atoms with Gasteiger partial charge in [0.2, 0.25) is 11.0 Å². The Morgan fingerprint density at radius 2 is 1.81 bits per heavy atom. The Balaban J connectivity index is 1.07. The Labute approximate surface area is 212 Å². The second-order valence-corrected chi connectivity index (χ2v) is 12.4. The van der Waals surface area contributed by atoms with Crippen molar-refractivity contribution in [2.75, 3.05) is 0 Å². The van der Waals surface area contributed by atoms with Crippen LogP contribution in [0.4, 0.5) is 0 Å². The van der Waals surface area contributed by atoms with Gasteiger partial charge in [-0.25, -0.2) is 9.71 Å². The van der Waals surface area contributed by atoms with Crippen molar-refractivity contribution < 1.29 is 26.8 Å². The number of hydrogen-bond donors (Lipinski definition) is 3. The number of benzene rings is 1. The third kappa shape index (κ3) is 3.99. The molecule has 12 heteroatoms. The van der Waals surface area contributed by atoms with Gasteiger partial charge in [0.05, 0.1) is 11.1 Å². The Morgan fingerprint density at radius 1 is 1.08 bits per heavy atom. The van der Waals surface area contributed by atoms with Crippen LogP contribution < -0.4 is 15.8 Å². The number of hydrogen-bond acceptors (Lipinski definition) is 8. The van der Waals surface area contributed by atoms with Crippen molar-refractivity contribution >= 4 is 44.5 Å². The number of nitrogens with one attached hydrogen (secondary N) is 2. The number of aromatic nitrogens is 1. The van der Waals surface area contributed by atoms with E-state index in [1.54, 1.807) is 18.2 Å². The molecule has 10 nitrogen and oxygen atoms in total. The van der Waals surface area contributed by atoms with Crippen LogP contribution in [0.3, 0.4) is 0 Å². The summed E-state index contributed by atoms with van der Waals surface area (Å²) in [6.07, 6.45) is 4.39. The topological polar surface area (TPSA) is 158 Å². The molecule has 2 bridgehead atoms. The molecule has 0 unspecified atom stereocenters. The van der Waals surface area contributed by atoms with Crippen molar-refractivity contribution in [1.29, 1.82) is 0 Å². The van der Waals surface area contributed by atoms with Crippen LogP contribution in [0.5, 0.6) is 0 Å². The minimum absolute atomic E-state index is 0.0507. The summed E-state index contributed by atoms with van der Waals surface area (Å²) in [6.45, 7) is 0. The Bertz CT molecular complexity index is 1470. The van der Waals surface area contributed by atoms with Crippen LogP contribution in [0.2, 0.25) is 5.02 Å². The average Bonchev–Trinajstić information content (AvgIpc) is 3.39. The lowest BCUT2D eigenvalue weighted by Gasteiger charge is -2.59. The Morgan fingerprint density at radius 3 is 2.47 bits per heavy atom. The number of fused-ring (bicyclic) bond motifs is 1. The third-order valence-electron chi connectivity index (χ3n) is 7.77. The van der Waals surface area contributed by atoms with Gasteiger partial charge in [0, 0.05) is 10.9 Å². The molecular weight excluding hydrogens is 508 g/mol. The zero-order valence-corrected chi connectivity index (χ0v) is 20.8. The summed E-state index contributed by atoms with van der Waals surface area (Å²) in [5.74, 6) is -0.134. The molecule has 190 valence electrons. The van der Waals surface area contributed by atoms with Crippen molar-refractivity contribution in [2.24, 2.45) is 17.1 Å². The molecule has 4 saturated carbocycles. The smallest absolute Gasteiger partial charge is 0.297 e. The van der Waals surface area contributed by atoms with Crippen LogP contribution in [0.1, 0.15) is 67.3 Å². The fraction of sp³-hybridized carbons (Fsp3) is 0.458. The third-order valence-corrected chi connectivity index (χ3v) is 9.21. The van der Waals surface area contributed by atoms with Crippen LogP contribution >= 0.6 is 11.6 Å². The fourth-order valence-corrected chi connectivity index (χ4v) is 6.68. The van der Waals surface area contributed by atoms with Gasteiger partial charge in [-0.05, 0) is 81.2 Å². The van der Waals surface area contributed by atoms with Gasteiger partial charge in [0.15, 0.2) is 17.2 Å². The van der Waals surface area contributed by atoms with E-state index in [-0.39, 0.29) is 11.7 Å². The lowest BCUT2D eigenvalue weighted by atomic mass is 9.44. The maximum Gasteiger partial charge on any atom is 0.297 e. The summed E-state index contributed by atoms with van der Waals surface area (Å²) in [6, 6.07) is 7.69. The van der Waals surface area contributed by atoms with Crippen LogP contribution in [-0.4, -0.2) is 30.9 Å². The second kappa shape index (κ2) is 8.06. The zero-order chi connectivity index (χ0) is 25.3. The number of amides is 2. The van der Waals surface area contributed by atoms with Crippen LogP contribution in [-0.2, 0) is 14.8 Å². The molecule has 3 aromatic rings. The van der Waals surface area contributed by atoms with E-state index >= 15 is 0 Å². The summed E-state index contributed by atoms with van der Waals surface area (Å²) in [7, 11) is -4.21. The van der Waals surface area contributed by atoms with E-state index in [0.29, 0.717) is 53.6 Å². The highest BCUT2D eigenvalue weighted by Gasteiger charge is 2.62. The van der Waals surface area contributed by atoms with Crippen molar-refractivity contribution in [1.82, 2.24) is 15.0 Å². The molecule has 0 spiro atoms. The lowest BCUT2D eigenvalue weighted by molar-refractivity contribution is -0.162. The first kappa shape index (κ1) is 23.5. The zero-order valence-electron chi connectivity index (χ0n) is 19.3. The number of carbonyl (C=O) groups is 2. The summed E-state index contributed by atoms with van der Waals surface area (Å²) in [4.78, 5) is 29.7. The van der Waals surface area contributed by atoms with Crippen LogP contribution in [0.15, 0.2) is 44.3 Å². The number of oxazole rings is 1. The lowest BCUT2D eigenvalue weighted by Crippen LogP contribution is -2.61. The van der Waals surface area contributed by atoms with E-state index in [1.165, 1.54) is 6.07 Å². The molecular formula is C24H25ClN4O6S. The molecule has 2 aromatic heterocycles. The first-order valence-electron chi connectivity index (χ1n) is 11.9. The van der Waals surface area contributed by atoms with E-state index < -0.39 is 38.0 Å². The summed E-state index contributed by atoms with van der Waals surface area (Å²) >= 11 is 6.03. The number of furan rings is 1. The van der Waals surface area contributed by atoms with Crippen molar-refractivity contribution in [3.05, 3.63) is 47.0 Å². The van der Waals surface area contributed by atoms with Crippen LogP contribution in [0, 0.1) is 11.3 Å². The first-order valence-corrected chi connectivity index (χ1v) is 13.7. The van der Waals surface area contributed by atoms with Crippen molar-refractivity contribution in [2.45, 2.75) is 61.6 Å². The first-order chi connectivity index (χ1) is 17.0. The molecule has 1 aromatic carbocycles. The monoisotopic (exact) mass is 532 g/mol. The molecule has 0 atom stereocenters. The molecule has 36 heavy (non-hydrogen) atoms. The molecule has 4 aliphatic rings. The molecule has 2 amide bonds. The van der Waals surface area contributed by atoms with Gasteiger partial charge in [0.1, 0.15) is 5.52 Å². The van der Waals surface area contributed by atoms with Gasteiger partial charge < -0.3 is 19.9 Å². The van der Waals surface area contributed by atoms with Gasteiger partial charge in [-0.2, -0.15) is 8.42 Å². The second-order valence-electron chi connectivity index (χ2n) is 10.4. The number of nitrogens with two attached hydrogens (primary N) is 1. The van der Waals surface area contributed by atoms with Gasteiger partial charge in [0.25, 0.3) is 15.9 Å². The van der Waals surface area contributed by atoms with E-state index in [9.17, 15) is 18.0 Å². The highest BCUT2D eigenvalue weighted by Crippen LogP contribution is 2.64. The Kier molecular flexibility index (Phi) is 5.26. The highest BCUT2D eigenvalue weighted by molar-refractivity contribution is 7.89. The summed E-state index contributed by atoms with van der Waals surface area (Å²) in [5.41, 5.74) is 6.26. The number of halogens is 1. The molecule has 0 aliphatic heterocycles. The van der Waals surface area contributed by atoms with Crippen molar-refractivity contribution in [3.63, 3.8) is 0 Å². The average molecular weight is 533 g/mol. The van der Waals surface area contributed by atoms with Crippen molar-refractivity contribution in [3.8, 4) is 0 Å². The Hall–Kier alpha value is -2.89. The van der Waals surface area contributed by atoms with E-state index in [0.717, 1.165) is 25.3 Å². The normalized spacial score (nSPS) is 29.3. The van der Waals surface area contributed by atoms with E-state index in [1.807, 2.05) is 0 Å². The molecule has 0 radical (unpaired) electrons. The predicted molar refractivity (Wildman–Crippen MR) is 128 cm³/mol. The molecule has 0 saturated heterocycles. The largest absolute Gasteiger partial charge is 0.440 e. The van der Waals surface area contributed by atoms with Crippen LogP contribution in [0.25, 0.3) is 11.1 Å². The number of carbonyl (C=O) groups excluding carboxylic acids is 2. The quantitative estimate of drug-likeness (QED) is 0.407. The summed E-state index contributed by atoms with van der Waals surface area (Å²) < 4.78 is 38.4.